The zero-order chi connectivity index (χ0) is 24.5. The average Bonchev–Trinajstić information content (AvgIpc) is 3.44. The van der Waals surface area contributed by atoms with Gasteiger partial charge in [0.2, 0.25) is 10.0 Å². The Kier molecular flexibility index (Phi) is 6.34. The molecule has 13 nitrogen and oxygen atoms in total. The molecule has 1 fully saturated rings. The van der Waals surface area contributed by atoms with E-state index in [1.807, 2.05) is 0 Å². The molecule has 0 unspecified atom stereocenters. The van der Waals surface area contributed by atoms with Crippen LogP contribution in [0.3, 0.4) is 0 Å². The molecule has 0 radical (unpaired) electrons. The Bertz CT molecular complexity index is 1320. The van der Waals surface area contributed by atoms with Crippen LogP contribution in [0.5, 0.6) is 5.75 Å². The summed E-state index contributed by atoms with van der Waals surface area (Å²) in [6.07, 6.45) is 2.87. The number of carbonyl (C=O) groups is 1. The van der Waals surface area contributed by atoms with Crippen LogP contribution in [-0.2, 0) is 23.8 Å². The normalized spacial score (nSPS) is 14.8. The van der Waals surface area contributed by atoms with Gasteiger partial charge in [0.05, 0.1) is 16.8 Å². The number of hydrogen-bond donors (Lipinski definition) is 0. The molecule has 0 bridgehead atoms. The lowest BCUT2D eigenvalue weighted by Gasteiger charge is -2.33. The van der Waals surface area contributed by atoms with Crippen LogP contribution >= 0.6 is 0 Å². The first kappa shape index (κ1) is 23.4. The number of aryl methyl sites for hydroxylation is 1. The minimum absolute atomic E-state index is 0.0945. The van der Waals surface area contributed by atoms with Crippen LogP contribution in [0, 0.1) is 17.0 Å². The molecule has 0 spiro atoms. The maximum Gasteiger partial charge on any atom is 0.311 e. The van der Waals surface area contributed by atoms with Crippen molar-refractivity contribution in [3.8, 4) is 5.75 Å². The van der Waals surface area contributed by atoms with E-state index in [4.69, 9.17) is 4.74 Å². The van der Waals surface area contributed by atoms with Gasteiger partial charge in [0.1, 0.15) is 4.90 Å². The van der Waals surface area contributed by atoms with Gasteiger partial charge in [-0.15, -0.1) is 0 Å². The Balaban J connectivity index is 1.36. The smallest absolute Gasteiger partial charge is 0.311 e. The molecule has 1 amide bonds. The lowest BCUT2D eigenvalue weighted by atomic mass is 10.3. The number of para-hydroxylation sites is 2. The summed E-state index contributed by atoms with van der Waals surface area (Å²) in [5, 5.41) is 19.3. The molecule has 180 valence electrons. The standard InChI is InChI=1S/C20H23N7O6S/c1-15-19(13-21-23(15)2)34(31,32)26-11-9-24(10-12-26)20(28)16-7-8-25(22-16)14-33-18-6-4-3-5-17(18)27(29)30/h3-8,13H,9-12,14H2,1-2H3. The molecule has 1 saturated heterocycles. The van der Waals surface area contributed by atoms with Crippen molar-refractivity contribution in [2.45, 2.75) is 18.6 Å². The van der Waals surface area contributed by atoms with E-state index in [0.717, 1.165) is 0 Å². The highest BCUT2D eigenvalue weighted by molar-refractivity contribution is 7.89. The number of aromatic nitrogens is 4. The van der Waals surface area contributed by atoms with Gasteiger partial charge in [0, 0.05) is 45.5 Å². The van der Waals surface area contributed by atoms with Crippen LogP contribution in [0.1, 0.15) is 16.2 Å². The highest BCUT2D eigenvalue weighted by atomic mass is 32.2. The summed E-state index contributed by atoms with van der Waals surface area (Å²) in [6, 6.07) is 7.50. The first-order valence-electron chi connectivity index (χ1n) is 10.4. The fourth-order valence-corrected chi connectivity index (χ4v) is 5.19. The van der Waals surface area contributed by atoms with Crippen LogP contribution in [0.25, 0.3) is 0 Å². The molecule has 2 aromatic heterocycles. The SMILES string of the molecule is Cc1c(S(=O)(=O)N2CCN(C(=O)c3ccn(COc4ccccc4[N+](=O)[O-])n3)CC2)cnn1C. The number of carbonyl (C=O) groups excluding carboxylic acids is 1. The molecule has 34 heavy (non-hydrogen) atoms. The third-order valence-electron chi connectivity index (χ3n) is 5.61. The van der Waals surface area contributed by atoms with Crippen LogP contribution in [0.2, 0.25) is 0 Å². The van der Waals surface area contributed by atoms with Gasteiger partial charge in [-0.1, -0.05) is 12.1 Å². The lowest BCUT2D eigenvalue weighted by Crippen LogP contribution is -2.50. The van der Waals surface area contributed by atoms with Crippen LogP contribution in [-0.4, -0.2) is 74.2 Å². The number of hydrogen-bond acceptors (Lipinski definition) is 8. The monoisotopic (exact) mass is 489 g/mol. The quantitative estimate of drug-likeness (QED) is 0.353. The summed E-state index contributed by atoms with van der Waals surface area (Å²) in [6.45, 7) is 2.33. The average molecular weight is 490 g/mol. The first-order chi connectivity index (χ1) is 16.2. The lowest BCUT2D eigenvalue weighted by molar-refractivity contribution is -0.386. The third kappa shape index (κ3) is 4.49. The Hall–Kier alpha value is -3.78. The molecular formula is C20H23N7O6S. The van der Waals surface area contributed by atoms with Crippen molar-refractivity contribution >= 4 is 21.6 Å². The number of nitro benzene ring substituents is 1. The number of amides is 1. The molecule has 1 aliphatic rings. The van der Waals surface area contributed by atoms with Gasteiger partial charge in [-0.3, -0.25) is 19.6 Å². The van der Waals surface area contributed by atoms with E-state index < -0.39 is 14.9 Å². The van der Waals surface area contributed by atoms with E-state index in [9.17, 15) is 23.3 Å². The number of benzene rings is 1. The van der Waals surface area contributed by atoms with E-state index >= 15 is 0 Å². The highest BCUT2D eigenvalue weighted by Gasteiger charge is 2.33. The van der Waals surface area contributed by atoms with Gasteiger partial charge in [-0.2, -0.15) is 14.5 Å². The van der Waals surface area contributed by atoms with Crippen molar-refractivity contribution < 1.29 is 22.9 Å². The number of nitrogens with zero attached hydrogens (tertiary/aromatic N) is 7. The Morgan fingerprint density at radius 2 is 1.88 bits per heavy atom. The zero-order valence-electron chi connectivity index (χ0n) is 18.6. The van der Waals surface area contributed by atoms with Crippen molar-refractivity contribution in [2.24, 2.45) is 7.05 Å². The van der Waals surface area contributed by atoms with E-state index in [2.05, 4.69) is 10.2 Å². The second-order valence-corrected chi connectivity index (χ2v) is 9.56. The van der Waals surface area contributed by atoms with E-state index in [-0.39, 0.29) is 60.8 Å². The van der Waals surface area contributed by atoms with Gasteiger partial charge < -0.3 is 9.64 Å². The molecular weight excluding hydrogens is 466 g/mol. The van der Waals surface area contributed by atoms with Gasteiger partial charge in [-0.05, 0) is 19.1 Å². The summed E-state index contributed by atoms with van der Waals surface area (Å²) >= 11 is 0. The topological polar surface area (TPSA) is 146 Å². The second-order valence-electron chi connectivity index (χ2n) is 7.65. The number of nitro groups is 1. The second kappa shape index (κ2) is 9.23. The van der Waals surface area contributed by atoms with Crippen LogP contribution < -0.4 is 4.74 Å². The van der Waals surface area contributed by atoms with Gasteiger partial charge in [0.15, 0.2) is 18.2 Å². The largest absolute Gasteiger partial charge is 0.464 e. The predicted octanol–water partition coefficient (Wildman–Crippen LogP) is 1.02. The third-order valence-corrected chi connectivity index (χ3v) is 7.61. The van der Waals surface area contributed by atoms with Crippen molar-refractivity contribution in [1.82, 2.24) is 28.8 Å². The van der Waals surface area contributed by atoms with Crippen molar-refractivity contribution in [3.63, 3.8) is 0 Å². The molecule has 3 aromatic rings. The molecule has 1 aliphatic heterocycles. The molecule has 0 saturated carbocycles. The summed E-state index contributed by atoms with van der Waals surface area (Å²) in [5.74, 6) is -0.240. The van der Waals surface area contributed by atoms with E-state index in [1.165, 1.54) is 49.2 Å². The Morgan fingerprint density at radius 3 is 2.53 bits per heavy atom. The summed E-state index contributed by atoms with van der Waals surface area (Å²) in [5.41, 5.74) is 0.554. The molecule has 0 N–H and O–H groups in total. The van der Waals surface area contributed by atoms with Gasteiger partial charge in [0.25, 0.3) is 5.91 Å². The maximum absolute atomic E-state index is 12.9. The summed E-state index contributed by atoms with van der Waals surface area (Å²) in [4.78, 5) is 25.1. The van der Waals surface area contributed by atoms with Crippen LogP contribution in [0.15, 0.2) is 47.6 Å². The highest BCUT2D eigenvalue weighted by Crippen LogP contribution is 2.26. The zero-order valence-corrected chi connectivity index (χ0v) is 19.4. The van der Waals surface area contributed by atoms with Crippen molar-refractivity contribution in [3.05, 3.63) is 64.2 Å². The minimum Gasteiger partial charge on any atom is -0.464 e. The Labute approximate surface area is 195 Å². The van der Waals surface area contributed by atoms with Crippen molar-refractivity contribution in [2.75, 3.05) is 26.2 Å². The predicted molar refractivity (Wildman–Crippen MR) is 119 cm³/mol. The maximum atomic E-state index is 12.9. The van der Waals surface area contributed by atoms with E-state index in [0.29, 0.717) is 5.69 Å². The molecule has 1 aromatic carbocycles. The number of piperazine rings is 1. The van der Waals surface area contributed by atoms with Crippen LogP contribution in [0.4, 0.5) is 5.69 Å². The Morgan fingerprint density at radius 1 is 1.18 bits per heavy atom. The number of rotatable bonds is 7. The molecule has 3 heterocycles. The molecule has 0 aliphatic carbocycles. The summed E-state index contributed by atoms with van der Waals surface area (Å²) < 4.78 is 35.5. The molecule has 4 rings (SSSR count). The fraction of sp³-hybridized carbons (Fsp3) is 0.350. The minimum atomic E-state index is -3.70. The first-order valence-corrected chi connectivity index (χ1v) is 11.8. The molecule has 0 atom stereocenters. The number of ether oxygens (including phenoxy) is 1. The van der Waals surface area contributed by atoms with E-state index in [1.54, 1.807) is 26.1 Å². The fourth-order valence-electron chi connectivity index (χ4n) is 3.58. The molecule has 14 heteroatoms. The number of sulfonamides is 1. The van der Waals surface area contributed by atoms with Gasteiger partial charge >= 0.3 is 5.69 Å². The van der Waals surface area contributed by atoms with Crippen molar-refractivity contribution in [1.29, 1.82) is 0 Å². The van der Waals surface area contributed by atoms with Gasteiger partial charge in [-0.25, -0.2) is 13.1 Å². The summed E-state index contributed by atoms with van der Waals surface area (Å²) in [7, 11) is -2.02.